The quantitative estimate of drug-likeness (QED) is 0.856. The first-order chi connectivity index (χ1) is 7.88. The number of halogens is 3. The van der Waals surface area contributed by atoms with Gasteiger partial charge < -0.3 is 4.98 Å². The van der Waals surface area contributed by atoms with Crippen LogP contribution in [0.1, 0.15) is 10.6 Å². The molecule has 0 aromatic carbocycles. The van der Waals surface area contributed by atoms with Crippen LogP contribution in [0.3, 0.4) is 0 Å². The molecule has 0 aliphatic rings. The molecule has 0 fully saturated rings. The molecule has 0 amide bonds. The van der Waals surface area contributed by atoms with Crippen molar-refractivity contribution in [2.45, 2.75) is 13.1 Å². The van der Waals surface area contributed by atoms with E-state index >= 15 is 0 Å². The molecule has 0 radical (unpaired) electrons. The van der Waals surface area contributed by atoms with Crippen molar-refractivity contribution in [3.63, 3.8) is 0 Å². The molecule has 17 heavy (non-hydrogen) atoms. The van der Waals surface area contributed by atoms with Gasteiger partial charge in [-0.3, -0.25) is 0 Å². The highest BCUT2D eigenvalue weighted by Gasteiger charge is 2.34. The maximum Gasteiger partial charge on any atom is 0.443 e. The molecular weight excluding hydrogens is 255 g/mol. The van der Waals surface area contributed by atoms with Gasteiger partial charge in [-0.15, -0.1) is 11.3 Å². The van der Waals surface area contributed by atoms with Crippen LogP contribution in [0.25, 0.3) is 10.6 Å². The number of aromatic amines is 1. The lowest BCUT2D eigenvalue weighted by Crippen LogP contribution is -2.10. The minimum absolute atomic E-state index is 0.259. The fourth-order valence-electron chi connectivity index (χ4n) is 1.23. The Labute approximate surface area is 97.2 Å². The van der Waals surface area contributed by atoms with Crippen molar-refractivity contribution in [1.29, 1.82) is 0 Å². The van der Waals surface area contributed by atoms with E-state index in [2.05, 4.69) is 15.0 Å². The third-order valence-electron chi connectivity index (χ3n) is 2.00. The van der Waals surface area contributed by atoms with Crippen LogP contribution < -0.4 is 5.69 Å². The van der Waals surface area contributed by atoms with Crippen molar-refractivity contribution in [3.8, 4) is 10.6 Å². The van der Waals surface area contributed by atoms with E-state index in [9.17, 15) is 18.0 Å². The van der Waals surface area contributed by atoms with Gasteiger partial charge in [-0.1, -0.05) is 0 Å². The van der Waals surface area contributed by atoms with E-state index in [4.69, 9.17) is 0 Å². The maximum absolute atomic E-state index is 12.4. The summed E-state index contributed by atoms with van der Waals surface area (Å²) in [6.07, 6.45) is -2.07. The fraction of sp³-hybridized carbons (Fsp3) is 0.222. The number of hydrogen-bond acceptors (Lipinski definition) is 4. The monoisotopic (exact) mass is 261 g/mol. The van der Waals surface area contributed by atoms with Crippen LogP contribution in [-0.2, 0) is 6.18 Å². The van der Waals surface area contributed by atoms with Crippen LogP contribution in [-0.4, -0.2) is 15.0 Å². The van der Waals surface area contributed by atoms with Gasteiger partial charge in [0.25, 0.3) is 0 Å². The lowest BCUT2D eigenvalue weighted by Gasteiger charge is -2.01. The van der Waals surface area contributed by atoms with Crippen molar-refractivity contribution in [3.05, 3.63) is 33.4 Å². The minimum Gasteiger partial charge on any atom is -0.304 e. The highest BCUT2D eigenvalue weighted by molar-refractivity contribution is 7.15. The van der Waals surface area contributed by atoms with Gasteiger partial charge in [-0.05, 0) is 12.5 Å². The molecule has 0 saturated heterocycles. The first kappa shape index (κ1) is 11.8. The molecule has 4 nitrogen and oxygen atoms in total. The van der Waals surface area contributed by atoms with Crippen molar-refractivity contribution in [2.75, 3.05) is 0 Å². The van der Waals surface area contributed by atoms with Gasteiger partial charge >= 0.3 is 11.9 Å². The van der Waals surface area contributed by atoms with E-state index in [1.54, 1.807) is 6.92 Å². The molecule has 0 saturated carbocycles. The summed E-state index contributed by atoms with van der Waals surface area (Å²) in [5, 5.41) is -0.940. The predicted octanol–water partition coefficient (Wildman–Crippen LogP) is 2.22. The molecule has 0 aliphatic carbocycles. The number of aryl methyl sites for hydroxylation is 1. The van der Waals surface area contributed by atoms with E-state index in [-0.39, 0.29) is 4.88 Å². The molecule has 0 aliphatic heterocycles. The van der Waals surface area contributed by atoms with Crippen molar-refractivity contribution in [1.82, 2.24) is 15.0 Å². The summed E-state index contributed by atoms with van der Waals surface area (Å²) >= 11 is 0.482. The van der Waals surface area contributed by atoms with Crippen molar-refractivity contribution in [2.24, 2.45) is 0 Å². The zero-order valence-electron chi connectivity index (χ0n) is 8.50. The number of hydrogen-bond donors (Lipinski definition) is 1. The lowest BCUT2D eigenvalue weighted by molar-refractivity contribution is -0.137. The Morgan fingerprint density at radius 2 is 2.00 bits per heavy atom. The highest BCUT2D eigenvalue weighted by atomic mass is 32.1. The van der Waals surface area contributed by atoms with Crippen LogP contribution in [0.4, 0.5) is 13.2 Å². The molecule has 0 spiro atoms. The zero-order chi connectivity index (χ0) is 12.6. The minimum atomic E-state index is -4.47. The molecule has 90 valence electrons. The van der Waals surface area contributed by atoms with Crippen molar-refractivity contribution < 1.29 is 13.2 Å². The Balaban J connectivity index is 2.51. The van der Waals surface area contributed by atoms with Gasteiger partial charge in [0.2, 0.25) is 0 Å². The van der Waals surface area contributed by atoms with E-state index in [1.165, 1.54) is 6.20 Å². The molecule has 2 aromatic rings. The fourth-order valence-corrected chi connectivity index (χ4v) is 2.08. The molecule has 2 aromatic heterocycles. The van der Waals surface area contributed by atoms with Crippen LogP contribution in [0.2, 0.25) is 0 Å². The number of rotatable bonds is 1. The maximum atomic E-state index is 12.4. The summed E-state index contributed by atoms with van der Waals surface area (Å²) in [6, 6.07) is 0. The number of H-pyrrole nitrogens is 1. The predicted molar refractivity (Wildman–Crippen MR) is 55.7 cm³/mol. The van der Waals surface area contributed by atoms with E-state index in [0.29, 0.717) is 22.6 Å². The standard InChI is InChI=1S/C9H6F3N3OS/c1-4-2-14-8(16)15-6(4)5-3-13-7(17-5)9(10,11)12/h2-3H,1H3,(H,14,15,16). The van der Waals surface area contributed by atoms with E-state index in [1.807, 2.05) is 0 Å². The van der Waals surface area contributed by atoms with E-state index in [0.717, 1.165) is 6.20 Å². The molecular formula is C9H6F3N3OS. The normalized spacial score (nSPS) is 11.8. The molecule has 2 rings (SSSR count). The summed E-state index contributed by atoms with van der Waals surface area (Å²) in [6.45, 7) is 1.64. The Bertz CT molecular complexity index is 602. The Kier molecular flexibility index (Phi) is 2.74. The van der Waals surface area contributed by atoms with Gasteiger partial charge in [0.1, 0.15) is 0 Å². The lowest BCUT2D eigenvalue weighted by atomic mass is 10.2. The second-order valence-electron chi connectivity index (χ2n) is 3.27. The van der Waals surface area contributed by atoms with Crippen LogP contribution >= 0.6 is 11.3 Å². The second-order valence-corrected chi connectivity index (χ2v) is 4.30. The number of aromatic nitrogens is 3. The Hall–Kier alpha value is -1.70. The summed E-state index contributed by atoms with van der Waals surface area (Å²) in [5.74, 6) is 0. The van der Waals surface area contributed by atoms with Crippen LogP contribution in [0.5, 0.6) is 0 Å². The SMILES string of the molecule is Cc1cnc(=O)[nH]c1-c1cnc(C(F)(F)F)s1. The number of nitrogens with one attached hydrogen (secondary N) is 1. The average Bonchev–Trinajstić information content (AvgIpc) is 2.70. The van der Waals surface area contributed by atoms with Gasteiger partial charge in [0, 0.05) is 12.4 Å². The van der Waals surface area contributed by atoms with Gasteiger partial charge in [0.15, 0.2) is 5.01 Å². The molecule has 8 heteroatoms. The molecule has 0 atom stereocenters. The number of nitrogens with zero attached hydrogens (tertiary/aromatic N) is 2. The largest absolute Gasteiger partial charge is 0.443 e. The van der Waals surface area contributed by atoms with Gasteiger partial charge in [0.05, 0.1) is 10.6 Å². The summed E-state index contributed by atoms with van der Waals surface area (Å²) in [5.41, 5.74) is 0.299. The van der Waals surface area contributed by atoms with Crippen molar-refractivity contribution >= 4 is 11.3 Å². The first-order valence-electron chi connectivity index (χ1n) is 4.47. The summed E-state index contributed by atoms with van der Waals surface area (Å²) < 4.78 is 37.1. The summed E-state index contributed by atoms with van der Waals surface area (Å²) in [4.78, 5) is 20.4. The molecule has 0 unspecified atom stereocenters. The average molecular weight is 261 g/mol. The Morgan fingerprint density at radius 1 is 1.29 bits per heavy atom. The van der Waals surface area contributed by atoms with Crippen LogP contribution in [0.15, 0.2) is 17.2 Å². The second kappa shape index (κ2) is 3.95. The number of thiazole rings is 1. The third kappa shape index (κ3) is 2.36. The van der Waals surface area contributed by atoms with Gasteiger partial charge in [-0.2, -0.15) is 13.2 Å². The highest BCUT2D eigenvalue weighted by Crippen LogP contribution is 2.36. The first-order valence-corrected chi connectivity index (χ1v) is 5.29. The molecule has 1 N–H and O–H groups in total. The molecule has 0 bridgehead atoms. The smallest absolute Gasteiger partial charge is 0.304 e. The number of alkyl halides is 3. The van der Waals surface area contributed by atoms with Gasteiger partial charge in [-0.25, -0.2) is 14.8 Å². The molecule has 2 heterocycles. The van der Waals surface area contributed by atoms with Crippen LogP contribution in [0, 0.1) is 6.92 Å². The Morgan fingerprint density at radius 3 is 2.59 bits per heavy atom. The zero-order valence-corrected chi connectivity index (χ0v) is 9.32. The third-order valence-corrected chi connectivity index (χ3v) is 3.06. The summed E-state index contributed by atoms with van der Waals surface area (Å²) in [7, 11) is 0. The topological polar surface area (TPSA) is 58.6 Å². The van der Waals surface area contributed by atoms with E-state index < -0.39 is 16.9 Å².